The SMILES string of the molecule is CC(C)c1cccc(C(C)C)c1OCc1ccccc1B1OC(C)(C)C(C)(C)O1. The lowest BCUT2D eigenvalue weighted by Gasteiger charge is -2.32. The lowest BCUT2D eigenvalue weighted by atomic mass is 9.76. The smallest absolute Gasteiger partial charge is 0.488 e. The molecule has 0 spiro atoms. The van der Waals surface area contributed by atoms with Gasteiger partial charge >= 0.3 is 7.12 Å². The van der Waals surface area contributed by atoms with Gasteiger partial charge < -0.3 is 14.0 Å². The van der Waals surface area contributed by atoms with Crippen LogP contribution in [0.1, 0.15) is 83.9 Å². The number of rotatable bonds is 6. The van der Waals surface area contributed by atoms with Gasteiger partial charge in [-0.3, -0.25) is 0 Å². The largest absolute Gasteiger partial charge is 0.495 e. The van der Waals surface area contributed by atoms with Crippen molar-refractivity contribution >= 4 is 12.6 Å². The summed E-state index contributed by atoms with van der Waals surface area (Å²) in [4.78, 5) is 0. The molecule has 1 fully saturated rings. The fraction of sp³-hybridized carbons (Fsp3) is 0.520. The van der Waals surface area contributed by atoms with Crippen LogP contribution in [0.25, 0.3) is 0 Å². The first-order chi connectivity index (χ1) is 13.5. The average molecular weight is 394 g/mol. The van der Waals surface area contributed by atoms with E-state index in [-0.39, 0.29) is 18.3 Å². The van der Waals surface area contributed by atoms with Crippen LogP contribution in [0, 0.1) is 0 Å². The first-order valence-electron chi connectivity index (χ1n) is 10.7. The highest BCUT2D eigenvalue weighted by molar-refractivity contribution is 6.62. The van der Waals surface area contributed by atoms with Crippen molar-refractivity contribution in [1.82, 2.24) is 0 Å². The second-order valence-electron chi connectivity index (χ2n) is 9.65. The standard InChI is InChI=1S/C25H35BO3/c1-17(2)20-13-11-14-21(18(3)4)23(20)27-16-19-12-9-10-15-22(19)26-28-24(5,6)25(7,8)29-26/h9-15,17-18H,16H2,1-8H3. The van der Waals surface area contributed by atoms with E-state index in [4.69, 9.17) is 14.0 Å². The summed E-state index contributed by atoms with van der Waals surface area (Å²) >= 11 is 0. The molecule has 2 aromatic rings. The molecule has 4 heteroatoms. The van der Waals surface area contributed by atoms with Crippen LogP contribution in [0.15, 0.2) is 42.5 Å². The Morgan fingerprint density at radius 3 is 1.83 bits per heavy atom. The van der Waals surface area contributed by atoms with Gasteiger partial charge in [0.1, 0.15) is 12.4 Å². The molecule has 29 heavy (non-hydrogen) atoms. The zero-order valence-electron chi connectivity index (χ0n) is 19.2. The zero-order valence-corrected chi connectivity index (χ0v) is 19.2. The zero-order chi connectivity index (χ0) is 21.4. The van der Waals surface area contributed by atoms with Gasteiger partial charge in [0, 0.05) is 0 Å². The molecule has 1 aliphatic heterocycles. The maximum Gasteiger partial charge on any atom is 0.495 e. The highest BCUT2D eigenvalue weighted by atomic mass is 16.7. The van der Waals surface area contributed by atoms with Gasteiger partial charge in [-0.05, 0) is 61.7 Å². The summed E-state index contributed by atoms with van der Waals surface area (Å²) in [5, 5.41) is 0. The fourth-order valence-corrected chi connectivity index (χ4v) is 3.66. The van der Waals surface area contributed by atoms with E-state index >= 15 is 0 Å². The van der Waals surface area contributed by atoms with E-state index in [1.54, 1.807) is 0 Å². The number of benzene rings is 2. The summed E-state index contributed by atoms with van der Waals surface area (Å²) in [7, 11) is -0.385. The third kappa shape index (κ3) is 4.39. The molecule has 3 rings (SSSR count). The van der Waals surface area contributed by atoms with Crippen molar-refractivity contribution in [2.75, 3.05) is 0 Å². The number of para-hydroxylation sites is 1. The van der Waals surface area contributed by atoms with Gasteiger partial charge in [-0.25, -0.2) is 0 Å². The van der Waals surface area contributed by atoms with Crippen molar-refractivity contribution < 1.29 is 14.0 Å². The predicted molar refractivity (Wildman–Crippen MR) is 121 cm³/mol. The van der Waals surface area contributed by atoms with Gasteiger partial charge in [0.2, 0.25) is 0 Å². The van der Waals surface area contributed by atoms with Gasteiger partial charge in [0.25, 0.3) is 0 Å². The third-order valence-electron chi connectivity index (χ3n) is 6.25. The Morgan fingerprint density at radius 2 is 1.31 bits per heavy atom. The summed E-state index contributed by atoms with van der Waals surface area (Å²) in [5.41, 5.74) is 3.92. The summed E-state index contributed by atoms with van der Waals surface area (Å²) < 4.78 is 19.0. The van der Waals surface area contributed by atoms with E-state index in [1.807, 2.05) is 12.1 Å². The highest BCUT2D eigenvalue weighted by Gasteiger charge is 2.52. The minimum absolute atomic E-state index is 0.360. The van der Waals surface area contributed by atoms with E-state index < -0.39 is 0 Å². The van der Waals surface area contributed by atoms with Crippen LogP contribution in [-0.2, 0) is 15.9 Å². The molecule has 0 aromatic heterocycles. The van der Waals surface area contributed by atoms with E-state index in [0.717, 1.165) is 16.8 Å². The number of ether oxygens (including phenoxy) is 1. The Morgan fingerprint density at radius 1 is 0.793 bits per heavy atom. The van der Waals surface area contributed by atoms with Gasteiger partial charge in [0.05, 0.1) is 11.2 Å². The molecule has 0 atom stereocenters. The normalized spacial score (nSPS) is 17.9. The Kier molecular flexibility index (Phi) is 6.17. The minimum atomic E-state index is -0.385. The van der Waals surface area contributed by atoms with Gasteiger partial charge in [-0.1, -0.05) is 70.2 Å². The van der Waals surface area contributed by atoms with Gasteiger partial charge in [0.15, 0.2) is 0 Å². The Hall–Kier alpha value is -1.78. The van der Waals surface area contributed by atoms with Gasteiger partial charge in [-0.2, -0.15) is 0 Å². The van der Waals surface area contributed by atoms with Crippen LogP contribution < -0.4 is 10.2 Å². The van der Waals surface area contributed by atoms with Crippen molar-refractivity contribution in [2.24, 2.45) is 0 Å². The van der Waals surface area contributed by atoms with Crippen molar-refractivity contribution in [3.63, 3.8) is 0 Å². The van der Waals surface area contributed by atoms with E-state index in [2.05, 4.69) is 85.7 Å². The highest BCUT2D eigenvalue weighted by Crippen LogP contribution is 2.37. The molecule has 1 saturated heterocycles. The molecule has 1 aliphatic rings. The maximum absolute atomic E-state index is 6.47. The van der Waals surface area contributed by atoms with E-state index in [0.29, 0.717) is 18.4 Å². The molecule has 0 N–H and O–H groups in total. The summed E-state index contributed by atoms with van der Waals surface area (Å²) in [6.45, 7) is 17.7. The Bertz CT molecular complexity index is 813. The van der Waals surface area contributed by atoms with Crippen LogP contribution in [0.2, 0.25) is 0 Å². The quantitative estimate of drug-likeness (QED) is 0.579. The van der Waals surface area contributed by atoms with E-state index in [1.165, 1.54) is 11.1 Å². The molecular formula is C25H35BO3. The maximum atomic E-state index is 6.47. The Balaban J connectivity index is 1.89. The first kappa shape index (κ1) is 21.9. The molecule has 0 bridgehead atoms. The van der Waals surface area contributed by atoms with Crippen LogP contribution in [0.4, 0.5) is 0 Å². The predicted octanol–water partition coefficient (Wildman–Crippen LogP) is 5.81. The Labute approximate surface area is 176 Å². The molecule has 0 amide bonds. The molecule has 0 radical (unpaired) electrons. The number of hydrogen-bond donors (Lipinski definition) is 0. The molecular weight excluding hydrogens is 359 g/mol. The molecule has 1 heterocycles. The van der Waals surface area contributed by atoms with Crippen LogP contribution in [0.3, 0.4) is 0 Å². The number of hydrogen-bond acceptors (Lipinski definition) is 3. The van der Waals surface area contributed by atoms with Crippen molar-refractivity contribution in [3.8, 4) is 5.75 Å². The fourth-order valence-electron chi connectivity index (χ4n) is 3.66. The monoisotopic (exact) mass is 394 g/mol. The van der Waals surface area contributed by atoms with Crippen LogP contribution in [0.5, 0.6) is 5.75 Å². The second-order valence-corrected chi connectivity index (χ2v) is 9.65. The van der Waals surface area contributed by atoms with E-state index in [9.17, 15) is 0 Å². The topological polar surface area (TPSA) is 27.7 Å². The third-order valence-corrected chi connectivity index (χ3v) is 6.25. The van der Waals surface area contributed by atoms with Crippen molar-refractivity contribution in [2.45, 2.75) is 85.0 Å². The average Bonchev–Trinajstić information content (AvgIpc) is 2.87. The first-order valence-corrected chi connectivity index (χ1v) is 10.7. The second kappa shape index (κ2) is 8.16. The van der Waals surface area contributed by atoms with Crippen LogP contribution in [-0.4, -0.2) is 18.3 Å². The molecule has 0 unspecified atom stereocenters. The minimum Gasteiger partial charge on any atom is -0.488 e. The summed E-state index contributed by atoms with van der Waals surface area (Å²) in [6.07, 6.45) is 0. The van der Waals surface area contributed by atoms with Crippen molar-refractivity contribution in [3.05, 3.63) is 59.2 Å². The molecule has 156 valence electrons. The van der Waals surface area contributed by atoms with Crippen molar-refractivity contribution in [1.29, 1.82) is 0 Å². The summed E-state index contributed by atoms with van der Waals surface area (Å²) in [6, 6.07) is 14.7. The van der Waals surface area contributed by atoms with Crippen LogP contribution >= 0.6 is 0 Å². The molecule has 0 saturated carbocycles. The molecule has 3 nitrogen and oxygen atoms in total. The molecule has 2 aromatic carbocycles. The molecule has 0 aliphatic carbocycles. The van der Waals surface area contributed by atoms with Gasteiger partial charge in [-0.15, -0.1) is 0 Å². The lowest BCUT2D eigenvalue weighted by molar-refractivity contribution is 0.00578. The lowest BCUT2D eigenvalue weighted by Crippen LogP contribution is -2.41. The summed E-state index contributed by atoms with van der Waals surface area (Å²) in [5.74, 6) is 1.82.